The van der Waals surface area contributed by atoms with Crippen LogP contribution < -0.4 is 4.90 Å². The average molecular weight is 324 g/mol. The van der Waals surface area contributed by atoms with Gasteiger partial charge in [0, 0.05) is 18.0 Å². The molecule has 0 radical (unpaired) electrons. The second-order valence-electron chi connectivity index (χ2n) is 4.96. The van der Waals surface area contributed by atoms with E-state index >= 15 is 0 Å². The highest BCUT2D eigenvalue weighted by atomic mass is 32.2. The third-order valence-corrected chi connectivity index (χ3v) is 5.15. The molecule has 1 aliphatic carbocycles. The molecule has 0 aliphatic heterocycles. The molecule has 2 heterocycles. The van der Waals surface area contributed by atoms with Gasteiger partial charge >= 0.3 is 5.97 Å². The fourth-order valence-corrected chi connectivity index (χ4v) is 3.46. The molecule has 2 aromatic heterocycles. The van der Waals surface area contributed by atoms with Crippen molar-refractivity contribution in [3.8, 4) is 0 Å². The number of aliphatic carboxylic acids is 1. The Hall–Kier alpha value is -1.54. The largest absolute Gasteiger partial charge is 0.481 e. The standard InChI is InChI=1S/C13H16N4O2S2/c1-16-12(14-15-13(16)21-8-11(18)19)17(9-4-5-9)7-10-3-2-6-20-10/h2-3,6,9H,4-5,7-8H2,1H3,(H,18,19). The molecule has 6 nitrogen and oxygen atoms in total. The Morgan fingerprint density at radius 2 is 2.38 bits per heavy atom. The fraction of sp³-hybridized carbons (Fsp3) is 0.462. The summed E-state index contributed by atoms with van der Waals surface area (Å²) in [4.78, 5) is 14.2. The van der Waals surface area contributed by atoms with E-state index in [4.69, 9.17) is 5.11 Å². The molecule has 1 aliphatic rings. The number of hydrogen-bond acceptors (Lipinski definition) is 6. The zero-order valence-corrected chi connectivity index (χ0v) is 13.2. The highest BCUT2D eigenvalue weighted by Crippen LogP contribution is 2.33. The summed E-state index contributed by atoms with van der Waals surface area (Å²) in [6, 6.07) is 4.69. The summed E-state index contributed by atoms with van der Waals surface area (Å²) in [6.07, 6.45) is 2.35. The van der Waals surface area contributed by atoms with Crippen molar-refractivity contribution >= 4 is 35.0 Å². The number of thiophene rings is 1. The summed E-state index contributed by atoms with van der Waals surface area (Å²) in [5.74, 6) is -0.0266. The number of carboxylic acids is 1. The molecule has 0 aromatic carbocycles. The summed E-state index contributed by atoms with van der Waals surface area (Å²) >= 11 is 2.94. The summed E-state index contributed by atoms with van der Waals surface area (Å²) in [5.41, 5.74) is 0. The first-order valence-corrected chi connectivity index (χ1v) is 8.54. The van der Waals surface area contributed by atoms with Crippen LogP contribution in [0.3, 0.4) is 0 Å². The van der Waals surface area contributed by atoms with E-state index in [0.29, 0.717) is 11.2 Å². The molecular weight excluding hydrogens is 308 g/mol. The highest BCUT2D eigenvalue weighted by molar-refractivity contribution is 7.99. The average Bonchev–Trinajstić information content (AvgIpc) is 3.04. The topological polar surface area (TPSA) is 71.2 Å². The second kappa shape index (κ2) is 6.07. The van der Waals surface area contributed by atoms with E-state index in [9.17, 15) is 4.79 Å². The maximum Gasteiger partial charge on any atom is 0.313 e. The van der Waals surface area contributed by atoms with Gasteiger partial charge in [-0.1, -0.05) is 17.8 Å². The van der Waals surface area contributed by atoms with Crippen LogP contribution in [0.4, 0.5) is 5.95 Å². The number of carboxylic acid groups (broad SMARTS) is 1. The predicted molar refractivity (Wildman–Crippen MR) is 82.9 cm³/mol. The van der Waals surface area contributed by atoms with Gasteiger partial charge in [-0.2, -0.15) is 0 Å². The first kappa shape index (κ1) is 14.4. The van der Waals surface area contributed by atoms with E-state index in [1.165, 1.54) is 29.5 Å². The van der Waals surface area contributed by atoms with Crippen molar-refractivity contribution in [2.24, 2.45) is 7.05 Å². The molecule has 0 atom stereocenters. The Balaban J connectivity index is 1.78. The van der Waals surface area contributed by atoms with Gasteiger partial charge in [0.15, 0.2) is 5.16 Å². The summed E-state index contributed by atoms with van der Waals surface area (Å²) in [6.45, 7) is 0.831. The Bertz CT molecular complexity index is 622. The molecule has 1 fully saturated rings. The Morgan fingerprint density at radius 1 is 1.57 bits per heavy atom. The number of carbonyl (C=O) groups is 1. The molecule has 0 unspecified atom stereocenters. The lowest BCUT2D eigenvalue weighted by molar-refractivity contribution is -0.133. The predicted octanol–water partition coefficient (Wildman–Crippen LogP) is 2.22. The lowest BCUT2D eigenvalue weighted by Gasteiger charge is -2.22. The zero-order valence-electron chi connectivity index (χ0n) is 11.6. The lowest BCUT2D eigenvalue weighted by atomic mass is 10.4. The molecule has 8 heteroatoms. The molecule has 3 rings (SSSR count). The number of aromatic nitrogens is 3. The van der Waals surface area contributed by atoms with Crippen molar-refractivity contribution < 1.29 is 9.90 Å². The van der Waals surface area contributed by atoms with Crippen molar-refractivity contribution in [3.63, 3.8) is 0 Å². The number of thioether (sulfide) groups is 1. The van der Waals surface area contributed by atoms with Gasteiger partial charge in [0.25, 0.3) is 0 Å². The van der Waals surface area contributed by atoms with Crippen molar-refractivity contribution in [1.29, 1.82) is 0 Å². The van der Waals surface area contributed by atoms with Gasteiger partial charge in [-0.15, -0.1) is 21.5 Å². The smallest absolute Gasteiger partial charge is 0.313 e. The van der Waals surface area contributed by atoms with Crippen LogP contribution in [0.1, 0.15) is 17.7 Å². The minimum Gasteiger partial charge on any atom is -0.481 e. The maximum absolute atomic E-state index is 10.7. The Morgan fingerprint density at radius 3 is 3.00 bits per heavy atom. The quantitative estimate of drug-likeness (QED) is 0.788. The third-order valence-electron chi connectivity index (χ3n) is 3.29. The molecule has 1 saturated carbocycles. The summed E-state index contributed by atoms with van der Waals surface area (Å²) in [7, 11) is 1.89. The van der Waals surface area contributed by atoms with E-state index in [2.05, 4.69) is 32.6 Å². The van der Waals surface area contributed by atoms with Crippen LogP contribution in [0.15, 0.2) is 22.7 Å². The molecule has 2 aromatic rings. The molecule has 21 heavy (non-hydrogen) atoms. The van der Waals surface area contributed by atoms with E-state index in [1.807, 2.05) is 11.6 Å². The van der Waals surface area contributed by atoms with Crippen LogP contribution in [0, 0.1) is 0 Å². The minimum absolute atomic E-state index is 0.000324. The van der Waals surface area contributed by atoms with Gasteiger partial charge in [0.2, 0.25) is 5.95 Å². The number of anilines is 1. The Kier molecular flexibility index (Phi) is 4.16. The van der Waals surface area contributed by atoms with Crippen molar-refractivity contribution in [2.45, 2.75) is 30.6 Å². The molecule has 112 valence electrons. The zero-order chi connectivity index (χ0) is 14.8. The van der Waals surface area contributed by atoms with Gasteiger partial charge in [-0.05, 0) is 24.3 Å². The van der Waals surface area contributed by atoms with Crippen LogP contribution in [0.5, 0.6) is 0 Å². The minimum atomic E-state index is -0.845. The van der Waals surface area contributed by atoms with Crippen LogP contribution >= 0.6 is 23.1 Å². The first-order valence-electron chi connectivity index (χ1n) is 6.68. The monoisotopic (exact) mass is 324 g/mol. The number of nitrogens with zero attached hydrogens (tertiary/aromatic N) is 4. The van der Waals surface area contributed by atoms with E-state index in [1.54, 1.807) is 11.3 Å². The molecule has 0 saturated heterocycles. The van der Waals surface area contributed by atoms with Crippen LogP contribution in [0.25, 0.3) is 0 Å². The molecular formula is C13H16N4O2S2. The summed E-state index contributed by atoms with van der Waals surface area (Å²) < 4.78 is 1.89. The number of hydrogen-bond donors (Lipinski definition) is 1. The lowest BCUT2D eigenvalue weighted by Crippen LogP contribution is -2.27. The van der Waals surface area contributed by atoms with Crippen LogP contribution in [0.2, 0.25) is 0 Å². The highest BCUT2D eigenvalue weighted by Gasteiger charge is 2.32. The van der Waals surface area contributed by atoms with E-state index < -0.39 is 5.97 Å². The van der Waals surface area contributed by atoms with E-state index in [0.717, 1.165) is 12.5 Å². The molecule has 0 bridgehead atoms. The Labute approximate surface area is 130 Å². The van der Waals surface area contributed by atoms with Crippen molar-refractivity contribution in [3.05, 3.63) is 22.4 Å². The fourth-order valence-electron chi connectivity index (χ4n) is 2.13. The molecule has 1 N–H and O–H groups in total. The van der Waals surface area contributed by atoms with Crippen molar-refractivity contribution in [1.82, 2.24) is 14.8 Å². The van der Waals surface area contributed by atoms with Gasteiger partial charge in [-0.3, -0.25) is 9.36 Å². The van der Waals surface area contributed by atoms with Gasteiger partial charge < -0.3 is 10.0 Å². The van der Waals surface area contributed by atoms with E-state index in [-0.39, 0.29) is 5.75 Å². The SMILES string of the molecule is Cn1c(SCC(=O)O)nnc1N(Cc1cccs1)C1CC1. The van der Waals surface area contributed by atoms with Crippen LogP contribution in [-0.4, -0.2) is 37.6 Å². The number of rotatable bonds is 7. The van der Waals surface area contributed by atoms with Gasteiger partial charge in [0.1, 0.15) is 0 Å². The normalized spacial score (nSPS) is 14.3. The molecule has 0 amide bonds. The molecule has 0 spiro atoms. The summed E-state index contributed by atoms with van der Waals surface area (Å²) in [5, 5.41) is 19.9. The van der Waals surface area contributed by atoms with Crippen LogP contribution in [-0.2, 0) is 18.4 Å². The van der Waals surface area contributed by atoms with Gasteiger partial charge in [0.05, 0.1) is 12.3 Å². The van der Waals surface area contributed by atoms with Crippen molar-refractivity contribution in [2.75, 3.05) is 10.7 Å². The second-order valence-corrected chi connectivity index (χ2v) is 6.94. The first-order chi connectivity index (χ1) is 10.1. The van der Waals surface area contributed by atoms with Gasteiger partial charge in [-0.25, -0.2) is 0 Å². The third kappa shape index (κ3) is 3.38. The maximum atomic E-state index is 10.7.